The lowest BCUT2D eigenvalue weighted by Gasteiger charge is -2.26. The maximum Gasteiger partial charge on any atom is 0.176 e. The molecule has 0 saturated heterocycles. The topological polar surface area (TPSA) is 38.1 Å². The van der Waals surface area contributed by atoms with Crippen molar-refractivity contribution in [1.29, 1.82) is 0 Å². The molecule has 0 radical (unpaired) electrons. The molecule has 2 aromatic rings. The molecule has 1 aromatic heterocycles. The Morgan fingerprint density at radius 2 is 2.10 bits per heavy atom. The van der Waals surface area contributed by atoms with E-state index in [1.165, 1.54) is 11.1 Å². The van der Waals surface area contributed by atoms with E-state index in [9.17, 15) is 4.79 Å². The molecule has 0 saturated carbocycles. The van der Waals surface area contributed by atoms with Crippen molar-refractivity contribution in [1.82, 2.24) is 14.5 Å². The van der Waals surface area contributed by atoms with Crippen molar-refractivity contribution >= 4 is 5.78 Å². The molecular formula is C16H19N3O. The standard InChI is InChI=1S/C16H19N3O/c1-12-3-4-14(9-13(12)2)15(20)10-18-7-8-19-6-5-17-16(19)11-18/h3-6,9H,7-8,10-11H2,1-2H3. The number of hydrogen-bond acceptors (Lipinski definition) is 3. The Morgan fingerprint density at radius 1 is 1.25 bits per heavy atom. The molecule has 0 unspecified atom stereocenters. The third-order valence-corrected chi connectivity index (χ3v) is 4.02. The van der Waals surface area contributed by atoms with E-state index in [1.807, 2.05) is 37.5 Å². The highest BCUT2D eigenvalue weighted by Crippen LogP contribution is 2.14. The lowest BCUT2D eigenvalue weighted by molar-refractivity contribution is 0.0908. The van der Waals surface area contributed by atoms with Gasteiger partial charge in [0.05, 0.1) is 13.1 Å². The fourth-order valence-corrected chi connectivity index (χ4v) is 2.57. The zero-order valence-corrected chi connectivity index (χ0v) is 12.0. The number of carbonyl (C=O) groups is 1. The number of rotatable bonds is 3. The molecule has 0 spiro atoms. The van der Waals surface area contributed by atoms with E-state index < -0.39 is 0 Å². The Kier molecular flexibility index (Phi) is 3.40. The molecule has 1 aliphatic rings. The van der Waals surface area contributed by atoms with Gasteiger partial charge in [-0.2, -0.15) is 0 Å². The maximum atomic E-state index is 12.4. The molecular weight excluding hydrogens is 250 g/mol. The predicted octanol–water partition coefficient (Wildman–Crippen LogP) is 2.20. The van der Waals surface area contributed by atoms with Crippen LogP contribution in [0.3, 0.4) is 0 Å². The van der Waals surface area contributed by atoms with Gasteiger partial charge < -0.3 is 4.57 Å². The van der Waals surface area contributed by atoms with Crippen LogP contribution in [0.4, 0.5) is 0 Å². The van der Waals surface area contributed by atoms with E-state index in [-0.39, 0.29) is 5.78 Å². The second-order valence-corrected chi connectivity index (χ2v) is 5.47. The fraction of sp³-hybridized carbons (Fsp3) is 0.375. The van der Waals surface area contributed by atoms with E-state index in [0.717, 1.165) is 31.0 Å². The number of nitrogens with zero attached hydrogens (tertiary/aromatic N) is 3. The molecule has 0 aliphatic carbocycles. The number of hydrogen-bond donors (Lipinski definition) is 0. The first-order valence-corrected chi connectivity index (χ1v) is 6.96. The minimum atomic E-state index is 0.188. The van der Waals surface area contributed by atoms with E-state index in [0.29, 0.717) is 6.54 Å². The van der Waals surface area contributed by atoms with E-state index in [2.05, 4.69) is 21.4 Å². The van der Waals surface area contributed by atoms with Crippen molar-refractivity contribution in [3.63, 3.8) is 0 Å². The maximum absolute atomic E-state index is 12.4. The third kappa shape index (κ3) is 2.51. The molecule has 4 heteroatoms. The van der Waals surface area contributed by atoms with Crippen LogP contribution in [0.25, 0.3) is 0 Å². The minimum absolute atomic E-state index is 0.188. The Balaban J connectivity index is 1.69. The number of fused-ring (bicyclic) bond motifs is 1. The number of aromatic nitrogens is 2. The highest BCUT2D eigenvalue weighted by Gasteiger charge is 2.19. The summed E-state index contributed by atoms with van der Waals surface area (Å²) in [7, 11) is 0. The van der Waals surface area contributed by atoms with Crippen LogP contribution in [0.15, 0.2) is 30.6 Å². The van der Waals surface area contributed by atoms with Crippen LogP contribution in [0, 0.1) is 13.8 Å². The van der Waals surface area contributed by atoms with Crippen LogP contribution < -0.4 is 0 Å². The number of imidazole rings is 1. The van der Waals surface area contributed by atoms with Crippen molar-refractivity contribution in [3.05, 3.63) is 53.1 Å². The number of carbonyl (C=O) groups excluding carboxylic acids is 1. The fourth-order valence-electron chi connectivity index (χ4n) is 2.57. The zero-order chi connectivity index (χ0) is 14.1. The quantitative estimate of drug-likeness (QED) is 0.802. The molecule has 3 rings (SSSR count). The van der Waals surface area contributed by atoms with Gasteiger partial charge in [0.25, 0.3) is 0 Å². The predicted molar refractivity (Wildman–Crippen MR) is 77.8 cm³/mol. The van der Waals surface area contributed by atoms with Crippen molar-refractivity contribution in [2.24, 2.45) is 0 Å². The van der Waals surface area contributed by atoms with Gasteiger partial charge in [0.1, 0.15) is 5.82 Å². The van der Waals surface area contributed by atoms with E-state index >= 15 is 0 Å². The number of benzene rings is 1. The first-order valence-electron chi connectivity index (χ1n) is 6.96. The summed E-state index contributed by atoms with van der Waals surface area (Å²) in [4.78, 5) is 18.8. The van der Waals surface area contributed by atoms with Gasteiger partial charge in [0, 0.05) is 31.0 Å². The third-order valence-electron chi connectivity index (χ3n) is 4.02. The second-order valence-electron chi connectivity index (χ2n) is 5.47. The van der Waals surface area contributed by atoms with E-state index in [4.69, 9.17) is 0 Å². The van der Waals surface area contributed by atoms with E-state index in [1.54, 1.807) is 0 Å². The van der Waals surface area contributed by atoms with Gasteiger partial charge in [0.15, 0.2) is 5.78 Å². The average Bonchev–Trinajstić information content (AvgIpc) is 2.89. The van der Waals surface area contributed by atoms with Crippen LogP contribution in [0.1, 0.15) is 27.3 Å². The van der Waals surface area contributed by atoms with Crippen LogP contribution in [0.5, 0.6) is 0 Å². The molecule has 104 valence electrons. The summed E-state index contributed by atoms with van der Waals surface area (Å²) in [5, 5.41) is 0. The Hall–Kier alpha value is -1.94. The molecule has 1 aliphatic heterocycles. The SMILES string of the molecule is Cc1ccc(C(=O)CN2CCn3ccnc3C2)cc1C. The van der Waals surface area contributed by atoms with Crippen molar-refractivity contribution in [3.8, 4) is 0 Å². The molecule has 0 N–H and O–H groups in total. The first-order chi connectivity index (χ1) is 9.63. The molecule has 0 fully saturated rings. The first kappa shape index (κ1) is 13.1. The molecule has 0 bridgehead atoms. The highest BCUT2D eigenvalue weighted by molar-refractivity contribution is 5.97. The summed E-state index contributed by atoms with van der Waals surface area (Å²) in [5.41, 5.74) is 3.20. The van der Waals surface area contributed by atoms with Crippen molar-refractivity contribution < 1.29 is 4.79 Å². The van der Waals surface area contributed by atoms with Crippen LogP contribution in [-0.4, -0.2) is 33.3 Å². The summed E-state index contributed by atoms with van der Waals surface area (Å²) in [6.45, 7) is 7.15. The van der Waals surface area contributed by atoms with Crippen LogP contribution in [-0.2, 0) is 13.1 Å². The monoisotopic (exact) mass is 269 g/mol. The minimum Gasteiger partial charge on any atom is -0.333 e. The lowest BCUT2D eigenvalue weighted by atomic mass is 10.0. The Morgan fingerprint density at radius 3 is 2.90 bits per heavy atom. The smallest absolute Gasteiger partial charge is 0.176 e. The largest absolute Gasteiger partial charge is 0.333 e. The average molecular weight is 269 g/mol. The molecule has 0 amide bonds. The van der Waals surface area contributed by atoms with Crippen molar-refractivity contribution in [2.45, 2.75) is 26.9 Å². The molecule has 2 heterocycles. The number of aryl methyl sites for hydroxylation is 2. The summed E-state index contributed by atoms with van der Waals surface area (Å²) < 4.78 is 2.15. The number of ketones is 1. The van der Waals surface area contributed by atoms with Crippen LogP contribution >= 0.6 is 0 Å². The molecule has 1 aromatic carbocycles. The second kappa shape index (κ2) is 5.21. The summed E-state index contributed by atoms with van der Waals surface area (Å²) in [6, 6.07) is 5.93. The zero-order valence-electron chi connectivity index (χ0n) is 12.0. The summed E-state index contributed by atoms with van der Waals surface area (Å²) in [6.07, 6.45) is 3.82. The van der Waals surface area contributed by atoms with Gasteiger partial charge in [-0.3, -0.25) is 9.69 Å². The van der Waals surface area contributed by atoms with Gasteiger partial charge in [-0.15, -0.1) is 0 Å². The Labute approximate surface area is 119 Å². The van der Waals surface area contributed by atoms with Crippen LogP contribution in [0.2, 0.25) is 0 Å². The molecule has 20 heavy (non-hydrogen) atoms. The summed E-state index contributed by atoms with van der Waals surface area (Å²) >= 11 is 0. The Bertz CT molecular complexity index is 645. The molecule has 4 nitrogen and oxygen atoms in total. The van der Waals surface area contributed by atoms with Gasteiger partial charge >= 0.3 is 0 Å². The van der Waals surface area contributed by atoms with Gasteiger partial charge in [-0.05, 0) is 31.0 Å². The van der Waals surface area contributed by atoms with Gasteiger partial charge in [-0.25, -0.2) is 4.98 Å². The summed E-state index contributed by atoms with van der Waals surface area (Å²) in [5.74, 6) is 1.23. The molecule has 0 atom stereocenters. The normalized spacial score (nSPS) is 15.1. The number of Topliss-reactive ketones (excluding diaryl/α,β-unsaturated/α-hetero) is 1. The van der Waals surface area contributed by atoms with Crippen molar-refractivity contribution in [2.75, 3.05) is 13.1 Å². The lowest BCUT2D eigenvalue weighted by Crippen LogP contribution is -2.37. The van der Waals surface area contributed by atoms with Gasteiger partial charge in [0.2, 0.25) is 0 Å². The van der Waals surface area contributed by atoms with Gasteiger partial charge in [-0.1, -0.05) is 12.1 Å². The highest BCUT2D eigenvalue weighted by atomic mass is 16.1.